The first-order chi connectivity index (χ1) is 15.4. The van der Waals surface area contributed by atoms with Crippen LogP contribution in [0.2, 0.25) is 0 Å². The van der Waals surface area contributed by atoms with Crippen LogP contribution in [-0.4, -0.2) is 6.73 Å². The molecule has 1 aliphatic heterocycles. The average Bonchev–Trinajstić information content (AvgIpc) is 2.82. The van der Waals surface area contributed by atoms with Crippen LogP contribution in [0.3, 0.4) is 0 Å². The lowest BCUT2D eigenvalue weighted by Crippen LogP contribution is -2.31. The Morgan fingerprint density at radius 3 is 1.97 bits per heavy atom. The summed E-state index contributed by atoms with van der Waals surface area (Å²) in [4.78, 5) is 2.29. The predicted octanol–water partition coefficient (Wildman–Crippen LogP) is 8.68. The summed E-state index contributed by atoms with van der Waals surface area (Å²) < 4.78 is 6.08. The summed E-state index contributed by atoms with van der Waals surface area (Å²) in [5.41, 5.74) is 3.95. The molecule has 0 N–H and O–H groups in total. The molecule has 2 nitrogen and oxygen atoms in total. The second kappa shape index (κ2) is 14.2. The number of ether oxygens (including phenoxy) is 1. The fraction of sp³-hybridized carbons (Fsp3) is 0.586. The van der Waals surface area contributed by atoms with Crippen molar-refractivity contribution in [3.05, 3.63) is 59.7 Å². The number of benzene rings is 2. The maximum Gasteiger partial charge on any atom is 0.161 e. The van der Waals surface area contributed by atoms with E-state index in [9.17, 15) is 0 Å². The van der Waals surface area contributed by atoms with Gasteiger partial charge in [0.2, 0.25) is 0 Å². The summed E-state index contributed by atoms with van der Waals surface area (Å²) in [5.74, 6) is 1.08. The van der Waals surface area contributed by atoms with Crippen LogP contribution in [0.15, 0.2) is 48.5 Å². The molecule has 0 spiro atoms. The van der Waals surface area contributed by atoms with Gasteiger partial charge in [0.1, 0.15) is 5.75 Å². The Balaban J connectivity index is 1.24. The van der Waals surface area contributed by atoms with E-state index in [-0.39, 0.29) is 0 Å². The van der Waals surface area contributed by atoms with E-state index in [1.807, 2.05) is 0 Å². The van der Waals surface area contributed by atoms with Crippen LogP contribution in [0, 0.1) is 0 Å². The summed E-state index contributed by atoms with van der Waals surface area (Å²) in [6.45, 7) is 3.86. The Hall–Kier alpha value is -1.96. The third kappa shape index (κ3) is 8.59. The van der Waals surface area contributed by atoms with E-state index in [0.717, 1.165) is 12.3 Å². The first kappa shape index (κ1) is 23.7. The SMILES string of the molecule is CCCCCCCCCCCCCCCc1ccc2c(c1)OCN(c1ccccc1)C2. The number of hydrogen-bond acceptors (Lipinski definition) is 2. The van der Waals surface area contributed by atoms with Crippen LogP contribution in [0.25, 0.3) is 0 Å². The highest BCUT2D eigenvalue weighted by Gasteiger charge is 2.17. The molecule has 1 aliphatic rings. The number of unbranched alkanes of at least 4 members (excludes halogenated alkanes) is 12. The van der Waals surface area contributed by atoms with E-state index in [2.05, 4.69) is 60.4 Å². The van der Waals surface area contributed by atoms with Crippen LogP contribution in [0.5, 0.6) is 5.75 Å². The van der Waals surface area contributed by atoms with E-state index in [1.54, 1.807) is 0 Å². The first-order valence-electron chi connectivity index (χ1n) is 12.9. The molecule has 2 heteroatoms. The van der Waals surface area contributed by atoms with Crippen molar-refractivity contribution in [2.24, 2.45) is 0 Å². The molecule has 0 unspecified atom stereocenters. The van der Waals surface area contributed by atoms with Crippen molar-refractivity contribution in [2.45, 2.75) is 103 Å². The average molecular weight is 422 g/mol. The van der Waals surface area contributed by atoms with Crippen LogP contribution < -0.4 is 9.64 Å². The predicted molar refractivity (Wildman–Crippen MR) is 134 cm³/mol. The van der Waals surface area contributed by atoms with Gasteiger partial charge in [-0.1, -0.05) is 114 Å². The van der Waals surface area contributed by atoms with Crippen molar-refractivity contribution in [3.63, 3.8) is 0 Å². The van der Waals surface area contributed by atoms with Gasteiger partial charge in [0, 0.05) is 17.8 Å². The van der Waals surface area contributed by atoms with Gasteiger partial charge < -0.3 is 9.64 Å². The van der Waals surface area contributed by atoms with Crippen LogP contribution in [0.1, 0.15) is 102 Å². The topological polar surface area (TPSA) is 12.5 Å². The smallest absolute Gasteiger partial charge is 0.161 e. The maximum atomic E-state index is 6.08. The fourth-order valence-electron chi connectivity index (χ4n) is 4.57. The summed E-state index contributed by atoms with van der Waals surface area (Å²) in [5, 5.41) is 0. The first-order valence-corrected chi connectivity index (χ1v) is 12.9. The summed E-state index contributed by atoms with van der Waals surface area (Å²) in [7, 11) is 0. The molecule has 170 valence electrons. The lowest BCUT2D eigenvalue weighted by molar-refractivity contribution is 0.289. The number of fused-ring (bicyclic) bond motifs is 1. The molecule has 3 rings (SSSR count). The van der Waals surface area contributed by atoms with Gasteiger partial charge in [0.25, 0.3) is 0 Å². The highest BCUT2D eigenvalue weighted by molar-refractivity contribution is 5.50. The standard InChI is InChI=1S/C29H43NO/c1-2-3-4-5-6-7-8-9-10-11-12-13-15-18-26-21-22-27-24-30(25-31-29(27)23-26)28-19-16-14-17-20-28/h14,16-17,19-23H,2-13,15,18,24-25H2,1H3. The van der Waals surface area contributed by atoms with E-state index in [1.165, 1.54) is 107 Å². The molecule has 2 aromatic carbocycles. The number of aryl methyl sites for hydroxylation is 1. The second-order valence-corrected chi connectivity index (χ2v) is 9.24. The van der Waals surface area contributed by atoms with Gasteiger partial charge in [-0.05, 0) is 36.6 Å². The molecule has 0 amide bonds. The van der Waals surface area contributed by atoms with E-state index in [0.29, 0.717) is 6.73 Å². The van der Waals surface area contributed by atoms with Crippen LogP contribution >= 0.6 is 0 Å². The van der Waals surface area contributed by atoms with Crippen molar-refractivity contribution < 1.29 is 4.74 Å². The number of para-hydroxylation sites is 1. The quantitative estimate of drug-likeness (QED) is 0.267. The summed E-state index contributed by atoms with van der Waals surface area (Å²) in [6.07, 6.45) is 19.5. The molecule has 31 heavy (non-hydrogen) atoms. The number of hydrogen-bond donors (Lipinski definition) is 0. The largest absolute Gasteiger partial charge is 0.473 e. The number of rotatable bonds is 15. The number of nitrogens with zero attached hydrogens (tertiary/aromatic N) is 1. The minimum absolute atomic E-state index is 0.638. The molecular weight excluding hydrogens is 378 g/mol. The van der Waals surface area contributed by atoms with Crippen molar-refractivity contribution >= 4 is 5.69 Å². The monoisotopic (exact) mass is 421 g/mol. The molecule has 0 saturated carbocycles. The Kier molecular flexibility index (Phi) is 10.8. The van der Waals surface area contributed by atoms with Gasteiger partial charge in [-0.2, -0.15) is 0 Å². The number of anilines is 1. The molecule has 0 fully saturated rings. The van der Waals surface area contributed by atoms with Gasteiger partial charge in [-0.3, -0.25) is 0 Å². The van der Waals surface area contributed by atoms with Crippen molar-refractivity contribution in [1.29, 1.82) is 0 Å². The molecule has 0 aromatic heterocycles. The maximum absolute atomic E-state index is 6.08. The third-order valence-electron chi connectivity index (χ3n) is 6.56. The van der Waals surface area contributed by atoms with Gasteiger partial charge in [0.05, 0.1) is 0 Å². The van der Waals surface area contributed by atoms with Crippen LogP contribution in [-0.2, 0) is 13.0 Å². The van der Waals surface area contributed by atoms with Gasteiger partial charge in [0.15, 0.2) is 6.73 Å². The normalized spacial score (nSPS) is 13.1. The van der Waals surface area contributed by atoms with Gasteiger partial charge in [-0.15, -0.1) is 0 Å². The molecule has 0 saturated heterocycles. The van der Waals surface area contributed by atoms with Gasteiger partial charge in [-0.25, -0.2) is 0 Å². The summed E-state index contributed by atoms with van der Waals surface area (Å²) >= 11 is 0. The molecule has 0 radical (unpaired) electrons. The lowest BCUT2D eigenvalue weighted by atomic mass is 10.0. The zero-order valence-electron chi connectivity index (χ0n) is 19.8. The van der Waals surface area contributed by atoms with E-state index < -0.39 is 0 Å². The Labute approximate surface area is 191 Å². The fourth-order valence-corrected chi connectivity index (χ4v) is 4.57. The van der Waals surface area contributed by atoms with Crippen molar-refractivity contribution in [3.8, 4) is 5.75 Å². The Morgan fingerprint density at radius 2 is 1.32 bits per heavy atom. The Morgan fingerprint density at radius 1 is 0.710 bits per heavy atom. The van der Waals surface area contributed by atoms with E-state index >= 15 is 0 Å². The minimum Gasteiger partial charge on any atom is -0.473 e. The zero-order chi connectivity index (χ0) is 21.6. The van der Waals surface area contributed by atoms with Crippen LogP contribution in [0.4, 0.5) is 5.69 Å². The van der Waals surface area contributed by atoms with Gasteiger partial charge >= 0.3 is 0 Å². The third-order valence-corrected chi connectivity index (χ3v) is 6.56. The van der Waals surface area contributed by atoms with Crippen molar-refractivity contribution in [2.75, 3.05) is 11.6 Å². The minimum atomic E-state index is 0.638. The highest BCUT2D eigenvalue weighted by atomic mass is 16.5. The molecule has 0 aliphatic carbocycles. The Bertz CT molecular complexity index is 727. The molecule has 0 atom stereocenters. The van der Waals surface area contributed by atoms with Crippen molar-refractivity contribution in [1.82, 2.24) is 0 Å². The molecule has 2 aromatic rings. The zero-order valence-corrected chi connectivity index (χ0v) is 19.8. The molecule has 1 heterocycles. The highest BCUT2D eigenvalue weighted by Crippen LogP contribution is 2.29. The second-order valence-electron chi connectivity index (χ2n) is 9.24. The molecular formula is C29H43NO. The van der Waals surface area contributed by atoms with E-state index in [4.69, 9.17) is 4.74 Å². The molecule has 0 bridgehead atoms. The lowest BCUT2D eigenvalue weighted by Gasteiger charge is -2.31. The summed E-state index contributed by atoms with van der Waals surface area (Å²) in [6, 6.07) is 17.4.